The van der Waals surface area contributed by atoms with Crippen LogP contribution in [0, 0.1) is 5.82 Å². The van der Waals surface area contributed by atoms with Crippen LogP contribution in [0.3, 0.4) is 0 Å². The lowest BCUT2D eigenvalue weighted by Crippen LogP contribution is -2.32. The molecule has 3 aromatic rings. The third-order valence-corrected chi connectivity index (χ3v) is 5.73. The van der Waals surface area contributed by atoms with Crippen LogP contribution in [0.25, 0.3) is 0 Å². The number of carbonyl (C=O) groups is 2. The summed E-state index contributed by atoms with van der Waals surface area (Å²) in [5, 5.41) is 6.62. The summed E-state index contributed by atoms with van der Waals surface area (Å²) in [6, 6.07) is 14.7. The van der Waals surface area contributed by atoms with E-state index < -0.39 is 17.6 Å². The van der Waals surface area contributed by atoms with Crippen molar-refractivity contribution in [1.82, 2.24) is 5.43 Å². The van der Waals surface area contributed by atoms with Gasteiger partial charge in [-0.25, -0.2) is 9.82 Å². The van der Waals surface area contributed by atoms with Gasteiger partial charge in [-0.1, -0.05) is 39.7 Å². The van der Waals surface area contributed by atoms with Gasteiger partial charge in [0.05, 0.1) is 23.0 Å². The van der Waals surface area contributed by atoms with Crippen LogP contribution in [0.1, 0.15) is 18.1 Å². The Bertz CT molecular complexity index is 1260. The summed E-state index contributed by atoms with van der Waals surface area (Å²) >= 11 is 12.5. The molecule has 0 radical (unpaired) electrons. The first-order valence-electron chi connectivity index (χ1n) is 10.2. The monoisotopic (exact) mass is 625 g/mol. The van der Waals surface area contributed by atoms with Gasteiger partial charge < -0.3 is 14.8 Å². The molecule has 0 fully saturated rings. The number of hydrazone groups is 1. The number of ether oxygens (including phenoxy) is 2. The molecule has 0 aromatic heterocycles. The first-order valence-corrected chi connectivity index (χ1v) is 12.2. The Kier molecular flexibility index (Phi) is 9.64. The number of nitrogens with zero attached hydrogens (tertiary/aromatic N) is 1. The van der Waals surface area contributed by atoms with Gasteiger partial charge >= 0.3 is 11.8 Å². The Morgan fingerprint density at radius 2 is 1.80 bits per heavy atom. The van der Waals surface area contributed by atoms with E-state index in [0.717, 1.165) is 5.56 Å². The van der Waals surface area contributed by atoms with Gasteiger partial charge in [0.1, 0.15) is 12.4 Å². The third kappa shape index (κ3) is 7.78. The molecule has 0 aliphatic rings. The van der Waals surface area contributed by atoms with E-state index in [1.807, 2.05) is 19.1 Å². The Balaban J connectivity index is 1.65. The van der Waals surface area contributed by atoms with Crippen LogP contribution in [0.2, 0.25) is 5.02 Å². The molecule has 0 aliphatic heterocycles. The van der Waals surface area contributed by atoms with Crippen molar-refractivity contribution in [3.63, 3.8) is 0 Å². The van der Waals surface area contributed by atoms with Crippen molar-refractivity contribution >= 4 is 67.2 Å². The normalized spacial score (nSPS) is 10.8. The van der Waals surface area contributed by atoms with Crippen molar-refractivity contribution < 1.29 is 23.5 Å². The van der Waals surface area contributed by atoms with Gasteiger partial charge in [0.15, 0.2) is 11.5 Å². The second-order valence-electron chi connectivity index (χ2n) is 6.96. The minimum Gasteiger partial charge on any atom is -0.490 e. The number of hydrogen-bond donors (Lipinski definition) is 2. The molecule has 11 heteroatoms. The standard InChI is InChI=1S/C24H19Br2ClFN3O4/c1-2-34-21-10-15(9-18(26)22(21)35-13-14-3-6-17(27)7-4-14)12-29-31-24(33)23(32)30-20-8-5-16(25)11-19(20)28/h3-12H,2,13H2,1H3,(H,30,32)(H,31,33)/b29-12+. The zero-order valence-corrected chi connectivity index (χ0v) is 22.2. The summed E-state index contributed by atoms with van der Waals surface area (Å²) in [7, 11) is 0. The summed E-state index contributed by atoms with van der Waals surface area (Å²) < 4.78 is 26.6. The molecule has 0 atom stereocenters. The van der Waals surface area contributed by atoms with Crippen LogP contribution in [-0.2, 0) is 16.2 Å². The number of hydrogen-bond acceptors (Lipinski definition) is 5. The van der Waals surface area contributed by atoms with Crippen molar-refractivity contribution in [2.24, 2.45) is 5.10 Å². The average Bonchev–Trinajstić information content (AvgIpc) is 2.81. The number of nitrogens with one attached hydrogen (secondary N) is 2. The first-order chi connectivity index (χ1) is 16.8. The summed E-state index contributed by atoms with van der Waals surface area (Å²) in [6.07, 6.45) is 1.33. The Hall–Kier alpha value is -2.95. The van der Waals surface area contributed by atoms with Crippen LogP contribution in [0.15, 0.2) is 68.6 Å². The summed E-state index contributed by atoms with van der Waals surface area (Å²) in [4.78, 5) is 24.0. The lowest BCUT2D eigenvalue weighted by Gasteiger charge is -2.14. The lowest BCUT2D eigenvalue weighted by atomic mass is 10.2. The Morgan fingerprint density at radius 3 is 2.49 bits per heavy atom. The van der Waals surface area contributed by atoms with Crippen LogP contribution >= 0.6 is 43.5 Å². The molecule has 0 unspecified atom stereocenters. The van der Waals surface area contributed by atoms with Gasteiger partial charge in [-0.2, -0.15) is 5.10 Å². The van der Waals surface area contributed by atoms with Crippen LogP contribution < -0.4 is 20.2 Å². The minimum absolute atomic E-state index is 0.128. The van der Waals surface area contributed by atoms with Gasteiger partial charge in [-0.05, 0) is 76.4 Å². The molecule has 0 saturated carbocycles. The zero-order valence-electron chi connectivity index (χ0n) is 18.3. The van der Waals surface area contributed by atoms with Crippen molar-refractivity contribution in [3.05, 3.63) is 85.5 Å². The fourth-order valence-electron chi connectivity index (χ4n) is 2.79. The van der Waals surface area contributed by atoms with E-state index in [9.17, 15) is 14.0 Å². The Morgan fingerprint density at radius 1 is 1.06 bits per heavy atom. The van der Waals surface area contributed by atoms with Gasteiger partial charge in [0.25, 0.3) is 0 Å². The number of amides is 2. The highest BCUT2D eigenvalue weighted by Crippen LogP contribution is 2.37. The molecule has 3 aromatic carbocycles. The molecule has 35 heavy (non-hydrogen) atoms. The highest BCUT2D eigenvalue weighted by molar-refractivity contribution is 9.10. The molecule has 0 bridgehead atoms. The number of anilines is 1. The maximum absolute atomic E-state index is 13.8. The third-order valence-electron chi connectivity index (χ3n) is 4.39. The largest absolute Gasteiger partial charge is 0.490 e. The van der Waals surface area contributed by atoms with Crippen LogP contribution in [0.5, 0.6) is 11.5 Å². The van der Waals surface area contributed by atoms with E-state index in [1.165, 1.54) is 24.4 Å². The second-order valence-corrected chi connectivity index (χ2v) is 9.16. The predicted octanol–water partition coefficient (Wildman–Crippen LogP) is 6.07. The van der Waals surface area contributed by atoms with Gasteiger partial charge in [0.2, 0.25) is 0 Å². The van der Waals surface area contributed by atoms with Crippen molar-refractivity contribution in [1.29, 1.82) is 0 Å². The SMILES string of the molecule is CCOc1cc(/C=N/NC(=O)C(=O)Nc2ccc(Br)cc2F)cc(Br)c1OCc1ccc(Cl)cc1. The molecule has 0 saturated heterocycles. The number of rotatable bonds is 8. The van der Waals surface area contributed by atoms with Gasteiger partial charge in [-0.15, -0.1) is 0 Å². The zero-order chi connectivity index (χ0) is 25.4. The fraction of sp³-hybridized carbons (Fsp3) is 0.125. The first kappa shape index (κ1) is 26.7. The smallest absolute Gasteiger partial charge is 0.329 e. The average molecular weight is 628 g/mol. The molecule has 0 aliphatic carbocycles. The van der Waals surface area contributed by atoms with Crippen molar-refractivity contribution in [2.45, 2.75) is 13.5 Å². The van der Waals surface area contributed by atoms with E-state index in [0.29, 0.717) is 44.2 Å². The van der Waals surface area contributed by atoms with E-state index in [-0.39, 0.29) is 5.69 Å². The summed E-state index contributed by atoms with van der Waals surface area (Å²) in [5.74, 6) is -1.84. The number of benzene rings is 3. The maximum atomic E-state index is 13.8. The molecule has 2 amide bonds. The molecule has 0 heterocycles. The minimum atomic E-state index is -1.06. The molecule has 2 N–H and O–H groups in total. The summed E-state index contributed by atoms with van der Waals surface area (Å²) in [6.45, 7) is 2.53. The molecule has 7 nitrogen and oxygen atoms in total. The summed E-state index contributed by atoms with van der Waals surface area (Å²) in [5.41, 5.74) is 3.48. The number of carbonyl (C=O) groups excluding carboxylic acids is 2. The number of halogens is 4. The highest BCUT2D eigenvalue weighted by Gasteiger charge is 2.16. The van der Waals surface area contributed by atoms with Crippen LogP contribution in [0.4, 0.5) is 10.1 Å². The molecular formula is C24H19Br2ClFN3O4. The lowest BCUT2D eigenvalue weighted by molar-refractivity contribution is -0.136. The molecule has 0 spiro atoms. The maximum Gasteiger partial charge on any atom is 0.329 e. The molecular weight excluding hydrogens is 609 g/mol. The fourth-order valence-corrected chi connectivity index (χ4v) is 3.82. The molecule has 182 valence electrons. The van der Waals surface area contributed by atoms with Crippen LogP contribution in [-0.4, -0.2) is 24.6 Å². The van der Waals surface area contributed by atoms with E-state index in [2.05, 4.69) is 47.7 Å². The quantitative estimate of drug-likeness (QED) is 0.180. The van der Waals surface area contributed by atoms with E-state index in [4.69, 9.17) is 21.1 Å². The van der Waals surface area contributed by atoms with Crippen molar-refractivity contribution in [2.75, 3.05) is 11.9 Å². The molecule has 3 rings (SSSR count). The van der Waals surface area contributed by atoms with E-state index >= 15 is 0 Å². The second kappa shape index (κ2) is 12.7. The van der Waals surface area contributed by atoms with Gasteiger partial charge in [-0.3, -0.25) is 9.59 Å². The highest BCUT2D eigenvalue weighted by atomic mass is 79.9. The van der Waals surface area contributed by atoms with Gasteiger partial charge in [0, 0.05) is 9.50 Å². The Labute approximate surface area is 222 Å². The predicted molar refractivity (Wildman–Crippen MR) is 140 cm³/mol. The van der Waals surface area contributed by atoms with E-state index in [1.54, 1.807) is 24.3 Å². The topological polar surface area (TPSA) is 89.0 Å². The van der Waals surface area contributed by atoms with Crippen molar-refractivity contribution in [3.8, 4) is 11.5 Å².